The molecule has 0 radical (unpaired) electrons. The maximum absolute atomic E-state index is 11.7. The second-order valence-corrected chi connectivity index (χ2v) is 6.26. The minimum Gasteiger partial charge on any atom is -0.481 e. The van der Waals surface area contributed by atoms with Gasteiger partial charge in [-0.25, -0.2) is 4.79 Å². The van der Waals surface area contributed by atoms with Crippen molar-refractivity contribution in [3.63, 3.8) is 0 Å². The first-order chi connectivity index (χ1) is 13.1. The van der Waals surface area contributed by atoms with Gasteiger partial charge in [0.05, 0.1) is 6.61 Å². The van der Waals surface area contributed by atoms with Gasteiger partial charge in [0.15, 0.2) is 5.96 Å². The Labute approximate surface area is 160 Å². The van der Waals surface area contributed by atoms with Crippen molar-refractivity contribution in [1.82, 2.24) is 10.2 Å². The molecular weight excluding hydrogens is 344 g/mol. The quantitative estimate of drug-likeness (QED) is 0.433. The highest BCUT2D eigenvalue weighted by Crippen LogP contribution is 2.13. The van der Waals surface area contributed by atoms with Crippen LogP contribution in [0.15, 0.2) is 29.3 Å². The van der Waals surface area contributed by atoms with Crippen LogP contribution in [0.2, 0.25) is 0 Å². The van der Waals surface area contributed by atoms with Crippen molar-refractivity contribution in [2.45, 2.75) is 32.2 Å². The Hall–Kier alpha value is -2.88. The fourth-order valence-electron chi connectivity index (χ4n) is 2.86. The van der Waals surface area contributed by atoms with Crippen LogP contribution in [-0.4, -0.2) is 55.8 Å². The molecule has 1 aliphatic heterocycles. The van der Waals surface area contributed by atoms with Gasteiger partial charge in [-0.2, -0.15) is 0 Å². The third kappa shape index (κ3) is 7.10. The van der Waals surface area contributed by atoms with Crippen LogP contribution in [0, 0.1) is 12.3 Å². The first-order valence-electron chi connectivity index (χ1n) is 9.25. The Kier molecular flexibility index (Phi) is 8.30. The predicted molar refractivity (Wildman–Crippen MR) is 106 cm³/mol. The molecule has 0 spiro atoms. The number of piperidine rings is 1. The topological polar surface area (TPSA) is 89.2 Å². The summed E-state index contributed by atoms with van der Waals surface area (Å²) < 4.78 is 10.4. The normalized spacial score (nSPS) is 15.1. The number of amides is 1. The van der Waals surface area contributed by atoms with E-state index in [1.807, 2.05) is 31.2 Å². The van der Waals surface area contributed by atoms with E-state index in [2.05, 4.69) is 16.2 Å². The van der Waals surface area contributed by atoms with Gasteiger partial charge in [-0.3, -0.25) is 4.99 Å². The highest BCUT2D eigenvalue weighted by atomic mass is 16.6. The van der Waals surface area contributed by atoms with Crippen LogP contribution < -0.4 is 15.8 Å². The molecule has 2 rings (SSSR count). The average Bonchev–Trinajstić information content (AvgIpc) is 2.68. The third-order valence-electron chi connectivity index (χ3n) is 4.30. The van der Waals surface area contributed by atoms with E-state index in [0.717, 1.165) is 30.6 Å². The number of nitrogens with one attached hydrogen (secondary N) is 1. The summed E-state index contributed by atoms with van der Waals surface area (Å²) in [6.07, 6.45) is 7.37. The molecule has 1 aliphatic rings. The molecule has 1 aromatic rings. The van der Waals surface area contributed by atoms with E-state index >= 15 is 0 Å². The molecule has 0 bridgehead atoms. The summed E-state index contributed by atoms with van der Waals surface area (Å²) in [5.41, 5.74) is 7.14. The number of benzene rings is 1. The standard InChI is InChI=1S/C20H28N4O3/c1-3-15-27-18-7-5-16(6-8-18)9-12-22-19(21)23-17-10-13-24(14-11-17)20(25)26-4-2/h1,5-8,17H,4,9-15H2,2H3,(H3,21,22,23). The fourth-order valence-corrected chi connectivity index (χ4v) is 2.86. The maximum atomic E-state index is 11.7. The highest BCUT2D eigenvalue weighted by Gasteiger charge is 2.23. The van der Waals surface area contributed by atoms with Crippen molar-refractivity contribution in [2.24, 2.45) is 10.7 Å². The molecule has 7 heteroatoms. The molecule has 1 aromatic carbocycles. The van der Waals surface area contributed by atoms with Crippen LogP contribution in [0.25, 0.3) is 0 Å². The predicted octanol–water partition coefficient (Wildman–Crippen LogP) is 1.77. The van der Waals surface area contributed by atoms with Crippen LogP contribution in [0.1, 0.15) is 25.3 Å². The van der Waals surface area contributed by atoms with Gasteiger partial charge in [-0.1, -0.05) is 18.1 Å². The number of nitrogens with two attached hydrogens (primary N) is 1. The minimum absolute atomic E-state index is 0.229. The van der Waals surface area contributed by atoms with Gasteiger partial charge < -0.3 is 25.4 Å². The van der Waals surface area contributed by atoms with Gasteiger partial charge in [0.25, 0.3) is 0 Å². The lowest BCUT2D eigenvalue weighted by Gasteiger charge is -2.31. The van der Waals surface area contributed by atoms with Crippen LogP contribution in [0.5, 0.6) is 5.75 Å². The van der Waals surface area contributed by atoms with Crippen molar-refractivity contribution in [2.75, 3.05) is 32.8 Å². The largest absolute Gasteiger partial charge is 0.481 e. The van der Waals surface area contributed by atoms with Crippen molar-refractivity contribution < 1.29 is 14.3 Å². The maximum Gasteiger partial charge on any atom is 0.409 e. The summed E-state index contributed by atoms with van der Waals surface area (Å²) in [5, 5.41) is 3.24. The molecule has 1 fully saturated rings. The molecule has 1 saturated heterocycles. The van der Waals surface area contributed by atoms with Gasteiger partial charge in [0.2, 0.25) is 0 Å². The monoisotopic (exact) mass is 372 g/mol. The molecule has 27 heavy (non-hydrogen) atoms. The Morgan fingerprint density at radius 2 is 2.07 bits per heavy atom. The Morgan fingerprint density at radius 3 is 2.70 bits per heavy atom. The van der Waals surface area contributed by atoms with Crippen molar-refractivity contribution in [1.29, 1.82) is 0 Å². The lowest BCUT2D eigenvalue weighted by molar-refractivity contribution is 0.0963. The zero-order valence-corrected chi connectivity index (χ0v) is 15.8. The van der Waals surface area contributed by atoms with E-state index in [4.69, 9.17) is 21.6 Å². The Bertz CT molecular complexity index is 659. The molecule has 1 heterocycles. The molecule has 0 aliphatic carbocycles. The second-order valence-electron chi connectivity index (χ2n) is 6.26. The number of carbonyl (C=O) groups excluding carboxylic acids is 1. The zero-order chi connectivity index (χ0) is 19.5. The van der Waals surface area contributed by atoms with E-state index in [1.54, 1.807) is 4.90 Å². The smallest absolute Gasteiger partial charge is 0.409 e. The first-order valence-corrected chi connectivity index (χ1v) is 9.25. The van der Waals surface area contributed by atoms with Crippen molar-refractivity contribution in [3.05, 3.63) is 29.8 Å². The van der Waals surface area contributed by atoms with Gasteiger partial charge in [-0.15, -0.1) is 6.42 Å². The number of likely N-dealkylation sites (tertiary alicyclic amines) is 1. The molecule has 1 amide bonds. The van der Waals surface area contributed by atoms with Crippen LogP contribution in [0.3, 0.4) is 0 Å². The summed E-state index contributed by atoms with van der Waals surface area (Å²) in [4.78, 5) is 17.8. The highest BCUT2D eigenvalue weighted by molar-refractivity contribution is 5.78. The number of carbonyl (C=O) groups is 1. The van der Waals surface area contributed by atoms with Crippen LogP contribution in [0.4, 0.5) is 4.79 Å². The molecular formula is C20H28N4O3. The molecule has 146 valence electrons. The lowest BCUT2D eigenvalue weighted by Crippen LogP contribution is -2.48. The number of hydrogen-bond donors (Lipinski definition) is 2. The Balaban J connectivity index is 1.69. The van der Waals surface area contributed by atoms with Crippen molar-refractivity contribution in [3.8, 4) is 18.1 Å². The number of ether oxygens (including phenoxy) is 2. The number of terminal acetylenes is 1. The summed E-state index contributed by atoms with van der Waals surface area (Å²) in [5.74, 6) is 3.64. The van der Waals surface area contributed by atoms with Gasteiger partial charge >= 0.3 is 6.09 Å². The summed E-state index contributed by atoms with van der Waals surface area (Å²) in [6.45, 7) is 4.41. The Morgan fingerprint density at radius 1 is 1.37 bits per heavy atom. The molecule has 0 unspecified atom stereocenters. The van der Waals surface area contributed by atoms with E-state index in [1.165, 1.54) is 0 Å². The molecule has 0 aromatic heterocycles. The molecule has 0 saturated carbocycles. The number of rotatable bonds is 7. The van der Waals surface area contributed by atoms with Crippen LogP contribution >= 0.6 is 0 Å². The lowest BCUT2D eigenvalue weighted by atomic mass is 10.1. The summed E-state index contributed by atoms with van der Waals surface area (Å²) >= 11 is 0. The number of guanidine groups is 1. The van der Waals surface area contributed by atoms with E-state index in [0.29, 0.717) is 32.2 Å². The SMILES string of the molecule is C#CCOc1ccc(CCN=C(N)NC2CCN(C(=O)OCC)CC2)cc1. The van der Waals surface area contributed by atoms with Gasteiger partial charge in [-0.05, 0) is 43.9 Å². The van der Waals surface area contributed by atoms with E-state index < -0.39 is 0 Å². The number of aliphatic imine (C=N–C) groups is 1. The van der Waals surface area contributed by atoms with E-state index in [-0.39, 0.29) is 18.7 Å². The molecule has 0 atom stereocenters. The van der Waals surface area contributed by atoms with Crippen LogP contribution in [-0.2, 0) is 11.2 Å². The van der Waals surface area contributed by atoms with Gasteiger partial charge in [0.1, 0.15) is 12.4 Å². The summed E-state index contributed by atoms with van der Waals surface area (Å²) in [6, 6.07) is 8.02. The zero-order valence-electron chi connectivity index (χ0n) is 15.8. The number of nitrogens with zero attached hydrogens (tertiary/aromatic N) is 2. The van der Waals surface area contributed by atoms with Crippen molar-refractivity contribution >= 4 is 12.1 Å². The average molecular weight is 372 g/mol. The molecule has 3 N–H and O–H groups in total. The van der Waals surface area contributed by atoms with E-state index in [9.17, 15) is 4.79 Å². The minimum atomic E-state index is -0.242. The van der Waals surface area contributed by atoms with Gasteiger partial charge in [0, 0.05) is 25.7 Å². The molecule has 7 nitrogen and oxygen atoms in total. The first kappa shape index (κ1) is 20.4. The fraction of sp³-hybridized carbons (Fsp3) is 0.500. The second kappa shape index (κ2) is 11.0. The third-order valence-corrected chi connectivity index (χ3v) is 4.30. The summed E-state index contributed by atoms with van der Waals surface area (Å²) in [7, 11) is 0. The number of hydrogen-bond acceptors (Lipinski definition) is 4.